The van der Waals surface area contributed by atoms with E-state index in [9.17, 15) is 9.18 Å². The molecule has 2 aromatic heterocycles. The summed E-state index contributed by atoms with van der Waals surface area (Å²) in [7, 11) is 0. The molecule has 154 valence electrons. The maximum Gasteiger partial charge on any atom is 0.222 e. The predicted octanol–water partition coefficient (Wildman–Crippen LogP) is 4.54. The van der Waals surface area contributed by atoms with Gasteiger partial charge in [-0.3, -0.25) is 9.78 Å². The number of halogens is 1. The van der Waals surface area contributed by atoms with Crippen LogP contribution in [0.25, 0.3) is 11.3 Å². The number of anilines is 2. The molecule has 0 bridgehead atoms. The molecular formula is C23H24FN5O. The maximum absolute atomic E-state index is 13.6. The fourth-order valence-electron chi connectivity index (χ4n) is 3.74. The summed E-state index contributed by atoms with van der Waals surface area (Å²) >= 11 is 0. The zero-order valence-corrected chi connectivity index (χ0v) is 16.9. The van der Waals surface area contributed by atoms with Gasteiger partial charge in [0.1, 0.15) is 17.5 Å². The van der Waals surface area contributed by atoms with E-state index in [1.807, 2.05) is 30.0 Å². The third-order valence-corrected chi connectivity index (χ3v) is 5.26. The van der Waals surface area contributed by atoms with Crippen LogP contribution in [0.4, 0.5) is 15.9 Å². The van der Waals surface area contributed by atoms with Crippen LogP contribution >= 0.6 is 0 Å². The highest BCUT2D eigenvalue weighted by Crippen LogP contribution is 2.29. The fourth-order valence-corrected chi connectivity index (χ4v) is 3.74. The molecule has 1 unspecified atom stereocenters. The predicted molar refractivity (Wildman–Crippen MR) is 114 cm³/mol. The highest BCUT2D eigenvalue weighted by molar-refractivity contribution is 5.76. The number of likely N-dealkylation sites (tertiary alicyclic amines) is 1. The molecule has 0 saturated carbocycles. The van der Waals surface area contributed by atoms with E-state index in [4.69, 9.17) is 9.97 Å². The van der Waals surface area contributed by atoms with Crippen molar-refractivity contribution in [2.24, 2.45) is 0 Å². The first-order chi connectivity index (χ1) is 14.6. The van der Waals surface area contributed by atoms with E-state index in [1.54, 1.807) is 24.5 Å². The molecule has 7 heteroatoms. The van der Waals surface area contributed by atoms with Crippen molar-refractivity contribution in [3.8, 4) is 11.3 Å². The molecule has 1 aliphatic rings. The number of pyridine rings is 1. The summed E-state index contributed by atoms with van der Waals surface area (Å²) in [5.74, 6) is 1.19. The van der Waals surface area contributed by atoms with Gasteiger partial charge in [-0.25, -0.2) is 14.4 Å². The van der Waals surface area contributed by atoms with Crippen molar-refractivity contribution in [2.45, 2.75) is 32.1 Å². The van der Waals surface area contributed by atoms with E-state index >= 15 is 0 Å². The number of hydrogen-bond donors (Lipinski definition) is 1. The number of rotatable bonds is 5. The number of carbonyl (C=O) groups excluding carboxylic acids is 1. The summed E-state index contributed by atoms with van der Waals surface area (Å²) < 4.78 is 13.6. The molecule has 4 rings (SSSR count). The lowest BCUT2D eigenvalue weighted by atomic mass is 9.96. The van der Waals surface area contributed by atoms with Crippen molar-refractivity contribution in [3.63, 3.8) is 0 Å². The normalized spacial score (nSPS) is 16.3. The molecular weight excluding hydrogens is 381 g/mol. The minimum atomic E-state index is -0.315. The SMILES string of the molecule is CCC(=O)N1CCCC(c2nc(Nc3cccc(F)c3)cc(-c3ccncc3)n2)C1. The Morgan fingerprint density at radius 2 is 2.03 bits per heavy atom. The number of carbonyl (C=O) groups is 1. The minimum Gasteiger partial charge on any atom is -0.342 e. The third-order valence-electron chi connectivity index (χ3n) is 5.26. The first-order valence-electron chi connectivity index (χ1n) is 10.2. The molecule has 1 saturated heterocycles. The fraction of sp³-hybridized carbons (Fsp3) is 0.304. The van der Waals surface area contributed by atoms with Crippen molar-refractivity contribution in [1.82, 2.24) is 19.9 Å². The standard InChI is InChI=1S/C23H24FN5O/c1-2-22(30)29-12-4-5-17(15-29)23-27-20(16-8-10-25-11-9-16)14-21(28-23)26-19-7-3-6-18(24)13-19/h3,6-11,13-14,17H,2,4-5,12,15H2,1H3,(H,26,27,28). The molecule has 6 nitrogen and oxygen atoms in total. The molecule has 0 spiro atoms. The Labute approximate surface area is 175 Å². The summed E-state index contributed by atoms with van der Waals surface area (Å²) in [6.07, 6.45) is 5.79. The number of benzene rings is 1. The van der Waals surface area contributed by atoms with E-state index in [0.29, 0.717) is 30.3 Å². The first kappa shape index (κ1) is 19.9. The van der Waals surface area contributed by atoms with E-state index in [2.05, 4.69) is 10.3 Å². The molecule has 0 aliphatic carbocycles. The Morgan fingerprint density at radius 1 is 1.20 bits per heavy atom. The quantitative estimate of drug-likeness (QED) is 0.675. The zero-order chi connectivity index (χ0) is 20.9. The van der Waals surface area contributed by atoms with Gasteiger partial charge in [0.05, 0.1) is 5.69 Å². The Kier molecular flexibility index (Phi) is 5.97. The second-order valence-corrected chi connectivity index (χ2v) is 7.40. The van der Waals surface area contributed by atoms with Gasteiger partial charge in [-0.1, -0.05) is 13.0 Å². The van der Waals surface area contributed by atoms with Crippen molar-refractivity contribution in [1.29, 1.82) is 0 Å². The number of hydrogen-bond acceptors (Lipinski definition) is 5. The lowest BCUT2D eigenvalue weighted by Gasteiger charge is -2.32. The lowest BCUT2D eigenvalue weighted by molar-refractivity contribution is -0.132. The largest absolute Gasteiger partial charge is 0.342 e. The van der Waals surface area contributed by atoms with Crippen molar-refractivity contribution in [2.75, 3.05) is 18.4 Å². The van der Waals surface area contributed by atoms with Gasteiger partial charge < -0.3 is 10.2 Å². The van der Waals surface area contributed by atoms with E-state index < -0.39 is 0 Å². The van der Waals surface area contributed by atoms with Gasteiger partial charge in [0, 0.05) is 55.1 Å². The van der Waals surface area contributed by atoms with Crippen LogP contribution in [-0.2, 0) is 4.79 Å². The van der Waals surface area contributed by atoms with Gasteiger partial charge in [0.15, 0.2) is 0 Å². The van der Waals surface area contributed by atoms with Gasteiger partial charge in [-0.05, 0) is 43.2 Å². The number of nitrogens with zero attached hydrogens (tertiary/aromatic N) is 4. The summed E-state index contributed by atoms with van der Waals surface area (Å²) in [5.41, 5.74) is 2.31. The average molecular weight is 405 g/mol. The second-order valence-electron chi connectivity index (χ2n) is 7.40. The molecule has 1 aliphatic heterocycles. The molecule has 1 amide bonds. The molecule has 3 aromatic rings. The smallest absolute Gasteiger partial charge is 0.222 e. The van der Waals surface area contributed by atoms with E-state index in [0.717, 1.165) is 30.6 Å². The summed E-state index contributed by atoms with van der Waals surface area (Å²) in [6, 6.07) is 11.9. The molecule has 1 aromatic carbocycles. The van der Waals surface area contributed by atoms with Gasteiger partial charge >= 0.3 is 0 Å². The lowest BCUT2D eigenvalue weighted by Crippen LogP contribution is -2.39. The molecule has 1 fully saturated rings. The summed E-state index contributed by atoms with van der Waals surface area (Å²) in [5, 5.41) is 3.19. The van der Waals surface area contributed by atoms with Crippen molar-refractivity contribution >= 4 is 17.4 Å². The van der Waals surface area contributed by atoms with Gasteiger partial charge in [0.25, 0.3) is 0 Å². The number of piperidine rings is 1. The van der Waals surface area contributed by atoms with Crippen LogP contribution in [0.3, 0.4) is 0 Å². The summed E-state index contributed by atoms with van der Waals surface area (Å²) in [4.78, 5) is 27.7. The number of amides is 1. The topological polar surface area (TPSA) is 71.0 Å². The Morgan fingerprint density at radius 3 is 2.80 bits per heavy atom. The van der Waals surface area contributed by atoms with Gasteiger partial charge in [0.2, 0.25) is 5.91 Å². The van der Waals surface area contributed by atoms with Crippen LogP contribution in [0, 0.1) is 5.82 Å². The van der Waals surface area contributed by atoms with Gasteiger partial charge in [-0.15, -0.1) is 0 Å². The number of aromatic nitrogens is 3. The molecule has 1 N–H and O–H groups in total. The molecule has 30 heavy (non-hydrogen) atoms. The van der Waals surface area contributed by atoms with E-state index in [-0.39, 0.29) is 17.6 Å². The zero-order valence-electron chi connectivity index (χ0n) is 16.9. The molecule has 0 radical (unpaired) electrons. The Bertz CT molecular complexity index is 1030. The Balaban J connectivity index is 1.69. The monoisotopic (exact) mass is 405 g/mol. The first-order valence-corrected chi connectivity index (χ1v) is 10.2. The average Bonchev–Trinajstić information content (AvgIpc) is 2.79. The molecule has 1 atom stereocenters. The Hall–Kier alpha value is -3.35. The van der Waals surface area contributed by atoms with Crippen molar-refractivity contribution < 1.29 is 9.18 Å². The van der Waals surface area contributed by atoms with Crippen molar-refractivity contribution in [3.05, 3.63) is 66.5 Å². The summed E-state index contributed by atoms with van der Waals surface area (Å²) in [6.45, 7) is 3.28. The maximum atomic E-state index is 13.6. The van der Waals surface area contributed by atoms with Crippen LogP contribution in [0.2, 0.25) is 0 Å². The van der Waals surface area contributed by atoms with Gasteiger partial charge in [-0.2, -0.15) is 0 Å². The van der Waals surface area contributed by atoms with Crippen LogP contribution in [0.1, 0.15) is 37.9 Å². The molecule has 3 heterocycles. The van der Waals surface area contributed by atoms with E-state index in [1.165, 1.54) is 12.1 Å². The minimum absolute atomic E-state index is 0.0593. The van der Waals surface area contributed by atoms with Crippen LogP contribution in [-0.4, -0.2) is 38.8 Å². The highest BCUT2D eigenvalue weighted by Gasteiger charge is 2.26. The van der Waals surface area contributed by atoms with Crippen LogP contribution in [0.5, 0.6) is 0 Å². The second kappa shape index (κ2) is 8.98. The van der Waals surface area contributed by atoms with Crippen LogP contribution < -0.4 is 5.32 Å². The highest BCUT2D eigenvalue weighted by atomic mass is 19.1. The number of nitrogens with one attached hydrogen (secondary N) is 1. The van der Waals surface area contributed by atoms with Crippen LogP contribution in [0.15, 0.2) is 54.9 Å². The third kappa shape index (κ3) is 4.62.